The van der Waals surface area contributed by atoms with Crippen molar-refractivity contribution in [1.29, 1.82) is 0 Å². The number of fused-ring (bicyclic) bond motifs is 1. The summed E-state index contributed by atoms with van der Waals surface area (Å²) in [5.74, 6) is -1.09. The first-order valence-electron chi connectivity index (χ1n) is 11.8. The Morgan fingerprint density at radius 2 is 1.97 bits per heavy atom. The van der Waals surface area contributed by atoms with Crippen LogP contribution in [0.15, 0.2) is 38.3 Å². The summed E-state index contributed by atoms with van der Waals surface area (Å²) in [6.07, 6.45) is 1.01. The number of ether oxygens (including phenoxy) is 1. The standard InChI is InChI=1S/C24H31F3N6O3/c1-13-7-17(14-8-16(21(34)31(4)5)20(36-6)28-9-14)30-19-18(13)22(35)33(23(19,2)3)15-10-29-32(11-15)12-24(25,26)27/h7,9-10,13-15,18H,8,11-12H2,1-6H3. The van der Waals surface area contributed by atoms with Crippen molar-refractivity contribution in [3.63, 3.8) is 0 Å². The van der Waals surface area contributed by atoms with Crippen molar-refractivity contribution in [2.45, 2.75) is 44.9 Å². The molecule has 0 spiro atoms. The maximum Gasteiger partial charge on any atom is 0.407 e. The summed E-state index contributed by atoms with van der Waals surface area (Å²) < 4.78 is 43.9. The number of likely N-dealkylation sites (N-methyl/N-ethyl adjacent to an activating group) is 1. The molecule has 0 aliphatic carbocycles. The van der Waals surface area contributed by atoms with E-state index < -0.39 is 30.2 Å². The topological polar surface area (TPSA) is 90.2 Å². The van der Waals surface area contributed by atoms with Crippen molar-refractivity contribution in [2.75, 3.05) is 34.3 Å². The lowest BCUT2D eigenvalue weighted by Gasteiger charge is -2.36. The molecule has 0 bridgehead atoms. The van der Waals surface area contributed by atoms with E-state index in [1.165, 1.54) is 18.2 Å². The molecule has 9 nitrogen and oxygen atoms in total. The van der Waals surface area contributed by atoms with Crippen molar-refractivity contribution in [3.8, 4) is 0 Å². The molecule has 4 atom stereocenters. The molecule has 0 saturated carbocycles. The molecule has 4 aliphatic heterocycles. The smallest absolute Gasteiger partial charge is 0.407 e. The second-order valence-electron chi connectivity index (χ2n) is 10.3. The molecule has 4 rings (SSSR count). The van der Waals surface area contributed by atoms with E-state index in [4.69, 9.17) is 9.73 Å². The van der Waals surface area contributed by atoms with Crippen molar-refractivity contribution in [1.82, 2.24) is 14.8 Å². The van der Waals surface area contributed by atoms with Gasteiger partial charge in [0.05, 0.1) is 42.4 Å². The van der Waals surface area contributed by atoms with E-state index in [1.807, 2.05) is 26.8 Å². The zero-order valence-corrected chi connectivity index (χ0v) is 21.2. The number of allylic oxidation sites excluding steroid dienone is 2. The number of rotatable bonds is 5. The number of alkyl halides is 3. The summed E-state index contributed by atoms with van der Waals surface area (Å²) in [5, 5.41) is 4.83. The van der Waals surface area contributed by atoms with Crippen LogP contribution in [-0.4, -0.2) is 96.8 Å². The van der Waals surface area contributed by atoms with Gasteiger partial charge >= 0.3 is 6.18 Å². The number of hydrazone groups is 1. The van der Waals surface area contributed by atoms with Crippen LogP contribution in [0.25, 0.3) is 0 Å². The fourth-order valence-electron chi connectivity index (χ4n) is 5.40. The third-order valence-electron chi connectivity index (χ3n) is 7.02. The second kappa shape index (κ2) is 9.04. The number of nitrogens with zero attached hydrogens (tertiary/aromatic N) is 6. The highest BCUT2D eigenvalue weighted by atomic mass is 19.4. The van der Waals surface area contributed by atoms with Crippen LogP contribution in [0.2, 0.25) is 0 Å². The first kappa shape index (κ1) is 25.9. The van der Waals surface area contributed by atoms with Gasteiger partial charge in [0.1, 0.15) is 6.54 Å². The van der Waals surface area contributed by atoms with Crippen LogP contribution < -0.4 is 0 Å². The average Bonchev–Trinajstić information content (AvgIpc) is 3.30. The number of hydrogen-bond acceptors (Lipinski definition) is 7. The molecule has 2 amide bonds. The molecule has 196 valence electrons. The molecule has 12 heteroatoms. The van der Waals surface area contributed by atoms with Crippen molar-refractivity contribution < 1.29 is 27.5 Å². The molecule has 0 radical (unpaired) electrons. The quantitative estimate of drug-likeness (QED) is 0.571. The van der Waals surface area contributed by atoms with Crippen LogP contribution in [0.5, 0.6) is 0 Å². The zero-order valence-electron chi connectivity index (χ0n) is 21.2. The maximum atomic E-state index is 13.5. The van der Waals surface area contributed by atoms with Gasteiger partial charge in [0.15, 0.2) is 0 Å². The van der Waals surface area contributed by atoms with Gasteiger partial charge in [-0.2, -0.15) is 18.3 Å². The second-order valence-corrected chi connectivity index (χ2v) is 10.3. The number of carbonyl (C=O) groups excluding carboxylic acids is 2. The molecule has 0 aromatic heterocycles. The van der Waals surface area contributed by atoms with Gasteiger partial charge in [0.2, 0.25) is 11.8 Å². The van der Waals surface area contributed by atoms with Gasteiger partial charge in [0, 0.05) is 38.1 Å². The van der Waals surface area contributed by atoms with Crippen molar-refractivity contribution in [2.24, 2.45) is 32.8 Å². The minimum absolute atomic E-state index is 0.0285. The number of carbonyl (C=O) groups is 2. The Labute approximate surface area is 208 Å². The SMILES string of the molecule is COC1=C(C(=O)N(C)C)CC(C2=CC(C)C3C(=O)N(C4C=NN(CC(F)(F)F)C4)C(C)(C)C3=N2)C=N1. The summed E-state index contributed by atoms with van der Waals surface area (Å²) in [6.45, 7) is 4.45. The lowest BCUT2D eigenvalue weighted by atomic mass is 9.80. The highest BCUT2D eigenvalue weighted by Crippen LogP contribution is 2.43. The Kier molecular flexibility index (Phi) is 6.50. The van der Waals surface area contributed by atoms with E-state index in [9.17, 15) is 22.8 Å². The minimum Gasteiger partial charge on any atom is -0.481 e. The summed E-state index contributed by atoms with van der Waals surface area (Å²) in [5.41, 5.74) is 0.984. The molecule has 4 heterocycles. The molecule has 4 aliphatic rings. The Hall–Kier alpha value is -3.18. The van der Waals surface area contributed by atoms with Crippen LogP contribution >= 0.6 is 0 Å². The van der Waals surface area contributed by atoms with Crippen molar-refractivity contribution >= 4 is 30.0 Å². The van der Waals surface area contributed by atoms with Crippen LogP contribution in [0.3, 0.4) is 0 Å². The van der Waals surface area contributed by atoms with Gasteiger partial charge in [-0.1, -0.05) is 13.0 Å². The third kappa shape index (κ3) is 4.53. The number of methoxy groups -OCH3 is 1. The first-order chi connectivity index (χ1) is 16.7. The third-order valence-corrected chi connectivity index (χ3v) is 7.02. The summed E-state index contributed by atoms with van der Waals surface area (Å²) in [6, 6.07) is -0.591. The fraction of sp³-hybridized carbons (Fsp3) is 0.625. The maximum absolute atomic E-state index is 13.5. The van der Waals surface area contributed by atoms with E-state index in [0.717, 1.165) is 5.01 Å². The molecular weight excluding hydrogens is 477 g/mol. The van der Waals surface area contributed by atoms with Gasteiger partial charge in [-0.05, 0) is 26.2 Å². The number of likely N-dealkylation sites (tertiary alicyclic amines) is 1. The predicted molar refractivity (Wildman–Crippen MR) is 128 cm³/mol. The lowest BCUT2D eigenvalue weighted by molar-refractivity contribution is -0.146. The van der Waals surface area contributed by atoms with Crippen LogP contribution in [0, 0.1) is 17.8 Å². The van der Waals surface area contributed by atoms with E-state index in [1.54, 1.807) is 25.2 Å². The molecule has 4 unspecified atom stereocenters. The van der Waals surface area contributed by atoms with E-state index in [0.29, 0.717) is 23.4 Å². The molecular formula is C24H31F3N6O3. The van der Waals surface area contributed by atoms with E-state index in [2.05, 4.69) is 10.1 Å². The fourth-order valence-corrected chi connectivity index (χ4v) is 5.40. The van der Waals surface area contributed by atoms with Crippen LogP contribution in [-0.2, 0) is 14.3 Å². The first-order valence-corrected chi connectivity index (χ1v) is 11.8. The molecule has 36 heavy (non-hydrogen) atoms. The number of halogens is 3. The van der Waals surface area contributed by atoms with Gasteiger partial charge < -0.3 is 14.5 Å². The highest BCUT2D eigenvalue weighted by Gasteiger charge is 2.56. The zero-order chi connectivity index (χ0) is 26.6. The molecule has 1 saturated heterocycles. The van der Waals surface area contributed by atoms with Crippen molar-refractivity contribution in [3.05, 3.63) is 23.2 Å². The number of amides is 2. The summed E-state index contributed by atoms with van der Waals surface area (Å²) in [7, 11) is 4.78. The van der Waals surface area contributed by atoms with E-state index >= 15 is 0 Å². The monoisotopic (exact) mass is 508 g/mol. The number of hydrogen-bond donors (Lipinski definition) is 0. The molecule has 1 fully saturated rings. The Morgan fingerprint density at radius 3 is 2.58 bits per heavy atom. The Morgan fingerprint density at radius 1 is 1.28 bits per heavy atom. The van der Waals surface area contributed by atoms with E-state index in [-0.39, 0.29) is 36.1 Å². The minimum atomic E-state index is -4.38. The average molecular weight is 509 g/mol. The molecule has 0 N–H and O–H groups in total. The Bertz CT molecular complexity index is 1100. The van der Waals surface area contributed by atoms with Gasteiger partial charge in [0.25, 0.3) is 5.91 Å². The normalized spacial score (nSPS) is 29.4. The molecule has 0 aromatic rings. The van der Waals surface area contributed by atoms with Crippen LogP contribution in [0.1, 0.15) is 27.2 Å². The van der Waals surface area contributed by atoms with Gasteiger partial charge in [-0.25, -0.2) is 4.99 Å². The number of aliphatic imine (C=N–C) groups is 2. The summed E-state index contributed by atoms with van der Waals surface area (Å²) in [4.78, 5) is 38.6. The Balaban J connectivity index is 1.59. The molecule has 0 aromatic carbocycles. The summed E-state index contributed by atoms with van der Waals surface area (Å²) >= 11 is 0. The highest BCUT2D eigenvalue weighted by molar-refractivity contribution is 6.17. The largest absolute Gasteiger partial charge is 0.481 e. The predicted octanol–water partition coefficient (Wildman–Crippen LogP) is 2.47. The van der Waals surface area contributed by atoms with Crippen LogP contribution in [0.4, 0.5) is 13.2 Å². The van der Waals surface area contributed by atoms with Gasteiger partial charge in [-0.15, -0.1) is 0 Å². The lowest BCUT2D eigenvalue weighted by Crippen LogP contribution is -2.52. The van der Waals surface area contributed by atoms with Gasteiger partial charge in [-0.3, -0.25) is 19.6 Å².